The van der Waals surface area contributed by atoms with Crippen LogP contribution in [0.15, 0.2) is 11.1 Å². The molecule has 0 saturated heterocycles. The van der Waals surface area contributed by atoms with Gasteiger partial charge in [0, 0.05) is 0 Å². The van der Waals surface area contributed by atoms with Gasteiger partial charge in [-0.1, -0.05) is 52.2 Å². The molecule has 2 aliphatic carbocycles. The van der Waals surface area contributed by atoms with Crippen LogP contribution in [0.25, 0.3) is 0 Å². The normalized spacial score (nSPS) is 28.1. The summed E-state index contributed by atoms with van der Waals surface area (Å²) in [5, 5.41) is 0. The molecule has 0 heteroatoms. The van der Waals surface area contributed by atoms with E-state index >= 15 is 0 Å². The Bertz CT molecular complexity index is 326. The van der Waals surface area contributed by atoms with Crippen LogP contribution < -0.4 is 0 Å². The lowest BCUT2D eigenvalue weighted by molar-refractivity contribution is 0.143. The first kappa shape index (κ1) is 16.1. The second kappa shape index (κ2) is 7.14. The highest BCUT2D eigenvalue weighted by molar-refractivity contribution is 5.23. The highest BCUT2D eigenvalue weighted by Crippen LogP contribution is 2.49. The summed E-state index contributed by atoms with van der Waals surface area (Å²) in [5.74, 6) is 4.57. The van der Waals surface area contributed by atoms with Gasteiger partial charge in [-0.2, -0.15) is 0 Å². The van der Waals surface area contributed by atoms with Gasteiger partial charge in [0.2, 0.25) is 0 Å². The first-order chi connectivity index (χ1) is 9.54. The van der Waals surface area contributed by atoms with Gasteiger partial charge in [0.15, 0.2) is 0 Å². The van der Waals surface area contributed by atoms with E-state index in [4.69, 9.17) is 0 Å². The van der Waals surface area contributed by atoms with Gasteiger partial charge in [0.05, 0.1) is 0 Å². The minimum Gasteiger partial charge on any atom is -0.0707 e. The van der Waals surface area contributed by atoms with Crippen molar-refractivity contribution in [1.82, 2.24) is 0 Å². The molecule has 0 aromatic rings. The zero-order valence-corrected chi connectivity index (χ0v) is 14.5. The molecule has 20 heavy (non-hydrogen) atoms. The van der Waals surface area contributed by atoms with Gasteiger partial charge >= 0.3 is 0 Å². The molecule has 0 aliphatic heterocycles. The van der Waals surface area contributed by atoms with Crippen molar-refractivity contribution in [3.05, 3.63) is 11.1 Å². The van der Waals surface area contributed by atoms with Crippen molar-refractivity contribution in [3.63, 3.8) is 0 Å². The van der Waals surface area contributed by atoms with Crippen LogP contribution in [0.2, 0.25) is 0 Å². The maximum atomic E-state index is 2.44. The van der Waals surface area contributed by atoms with Crippen molar-refractivity contribution in [3.8, 4) is 0 Å². The Morgan fingerprint density at radius 3 is 2.10 bits per heavy atom. The Morgan fingerprint density at radius 2 is 1.70 bits per heavy atom. The fourth-order valence-electron chi connectivity index (χ4n) is 4.57. The first-order valence-corrected chi connectivity index (χ1v) is 9.25. The average Bonchev–Trinajstić information content (AvgIpc) is 2.84. The number of hydrogen-bond acceptors (Lipinski definition) is 0. The van der Waals surface area contributed by atoms with Crippen LogP contribution in [0.4, 0.5) is 0 Å². The number of allylic oxidation sites excluding steroid dienone is 2. The molecule has 0 aromatic heterocycles. The van der Waals surface area contributed by atoms with Gasteiger partial charge < -0.3 is 0 Å². The molecule has 2 fully saturated rings. The second-order valence-corrected chi connectivity index (χ2v) is 8.04. The smallest absolute Gasteiger partial charge is 0.0170 e. The van der Waals surface area contributed by atoms with E-state index in [0.717, 1.165) is 29.6 Å². The average molecular weight is 277 g/mol. The summed E-state index contributed by atoms with van der Waals surface area (Å²) in [4.78, 5) is 0. The molecule has 0 spiro atoms. The van der Waals surface area contributed by atoms with E-state index in [1.807, 2.05) is 11.1 Å². The molecule has 3 atom stereocenters. The van der Waals surface area contributed by atoms with Crippen LogP contribution in [0.1, 0.15) is 86.0 Å². The van der Waals surface area contributed by atoms with Crippen molar-refractivity contribution >= 4 is 0 Å². The third-order valence-corrected chi connectivity index (χ3v) is 6.24. The molecular weight excluding hydrogens is 240 g/mol. The summed E-state index contributed by atoms with van der Waals surface area (Å²) in [7, 11) is 0. The summed E-state index contributed by atoms with van der Waals surface area (Å²) in [5.41, 5.74) is 3.83. The van der Waals surface area contributed by atoms with Gasteiger partial charge in [-0.3, -0.25) is 0 Å². The fourth-order valence-corrected chi connectivity index (χ4v) is 4.57. The maximum absolute atomic E-state index is 2.44. The maximum Gasteiger partial charge on any atom is -0.0170 e. The fraction of sp³-hybridized carbons (Fsp3) is 0.900. The highest BCUT2D eigenvalue weighted by Gasteiger charge is 2.37. The van der Waals surface area contributed by atoms with Gasteiger partial charge in [-0.25, -0.2) is 0 Å². The Balaban J connectivity index is 2.16. The molecule has 2 aliphatic rings. The molecule has 0 aromatic carbocycles. The minimum atomic E-state index is 0.842. The largest absolute Gasteiger partial charge is 0.0707 e. The van der Waals surface area contributed by atoms with Gasteiger partial charge in [0.25, 0.3) is 0 Å². The van der Waals surface area contributed by atoms with E-state index in [1.54, 1.807) is 0 Å². The van der Waals surface area contributed by atoms with Crippen molar-refractivity contribution in [2.75, 3.05) is 0 Å². The Hall–Kier alpha value is -0.260. The molecule has 2 rings (SSSR count). The number of rotatable bonds is 6. The Morgan fingerprint density at radius 1 is 1.05 bits per heavy atom. The minimum absolute atomic E-state index is 0.842. The van der Waals surface area contributed by atoms with E-state index in [9.17, 15) is 0 Å². The first-order valence-electron chi connectivity index (χ1n) is 9.25. The standard InChI is InChI=1S/C20H36/c1-6-16(14(2)3)13-20(17-9-7-8-10-17)19-12-11-18(19)15(4)5/h14-16,18-19H,6-13H2,1-5H3. The van der Waals surface area contributed by atoms with Gasteiger partial charge in [-0.15, -0.1) is 0 Å². The molecule has 0 nitrogen and oxygen atoms in total. The van der Waals surface area contributed by atoms with Crippen molar-refractivity contribution in [2.45, 2.75) is 86.0 Å². The molecule has 2 saturated carbocycles. The van der Waals surface area contributed by atoms with Crippen LogP contribution in [0.3, 0.4) is 0 Å². The molecule has 0 amide bonds. The van der Waals surface area contributed by atoms with Crippen LogP contribution in [-0.4, -0.2) is 0 Å². The van der Waals surface area contributed by atoms with E-state index in [2.05, 4.69) is 34.6 Å². The predicted molar refractivity (Wildman–Crippen MR) is 89.8 cm³/mol. The lowest BCUT2D eigenvalue weighted by Crippen LogP contribution is -2.33. The zero-order valence-electron chi connectivity index (χ0n) is 14.5. The predicted octanol–water partition coefficient (Wildman–Crippen LogP) is 6.61. The molecular formula is C20H36. The molecule has 0 heterocycles. The van der Waals surface area contributed by atoms with E-state index in [-0.39, 0.29) is 0 Å². The van der Waals surface area contributed by atoms with E-state index in [1.165, 1.54) is 51.4 Å². The van der Waals surface area contributed by atoms with Crippen LogP contribution in [0, 0.1) is 29.6 Å². The SMILES string of the molecule is CCC(CC(=C1CCCC1)C1CCC1C(C)C)C(C)C. The summed E-state index contributed by atoms with van der Waals surface area (Å²) in [6.07, 6.45) is 11.5. The van der Waals surface area contributed by atoms with Crippen molar-refractivity contribution in [1.29, 1.82) is 0 Å². The van der Waals surface area contributed by atoms with Crippen molar-refractivity contribution < 1.29 is 0 Å². The van der Waals surface area contributed by atoms with Crippen LogP contribution in [0.5, 0.6) is 0 Å². The Kier molecular flexibility index (Phi) is 5.75. The molecule has 116 valence electrons. The summed E-state index contributed by atoms with van der Waals surface area (Å²) >= 11 is 0. The third-order valence-electron chi connectivity index (χ3n) is 6.24. The molecule has 0 radical (unpaired) electrons. The van der Waals surface area contributed by atoms with Gasteiger partial charge in [-0.05, 0) is 74.5 Å². The second-order valence-electron chi connectivity index (χ2n) is 8.04. The lowest BCUT2D eigenvalue weighted by Gasteiger charge is -2.43. The summed E-state index contributed by atoms with van der Waals surface area (Å²) in [6.45, 7) is 12.1. The number of hydrogen-bond donors (Lipinski definition) is 0. The lowest BCUT2D eigenvalue weighted by atomic mass is 9.62. The summed E-state index contributed by atoms with van der Waals surface area (Å²) in [6, 6.07) is 0. The quantitative estimate of drug-likeness (QED) is 0.479. The van der Waals surface area contributed by atoms with Gasteiger partial charge in [0.1, 0.15) is 0 Å². The van der Waals surface area contributed by atoms with E-state index in [0.29, 0.717) is 0 Å². The molecule has 3 unspecified atom stereocenters. The zero-order chi connectivity index (χ0) is 14.7. The highest BCUT2D eigenvalue weighted by atomic mass is 14.4. The molecule has 0 N–H and O–H groups in total. The van der Waals surface area contributed by atoms with E-state index < -0.39 is 0 Å². The Labute approximate surface area is 127 Å². The van der Waals surface area contributed by atoms with Crippen LogP contribution >= 0.6 is 0 Å². The summed E-state index contributed by atoms with van der Waals surface area (Å²) < 4.78 is 0. The third kappa shape index (κ3) is 3.49. The molecule has 0 bridgehead atoms. The topological polar surface area (TPSA) is 0 Å². The van der Waals surface area contributed by atoms with Crippen molar-refractivity contribution in [2.24, 2.45) is 29.6 Å². The van der Waals surface area contributed by atoms with Crippen LogP contribution in [-0.2, 0) is 0 Å². The monoisotopic (exact) mass is 276 g/mol.